The first-order valence-electron chi connectivity index (χ1n) is 7.65. The molecule has 0 fully saturated rings. The van der Waals surface area contributed by atoms with Gasteiger partial charge in [0.15, 0.2) is 0 Å². The van der Waals surface area contributed by atoms with Crippen LogP contribution < -0.4 is 10.9 Å². The van der Waals surface area contributed by atoms with E-state index < -0.39 is 0 Å². The summed E-state index contributed by atoms with van der Waals surface area (Å²) in [5, 5.41) is 0.608. The molecule has 0 unspecified atom stereocenters. The van der Waals surface area contributed by atoms with E-state index in [2.05, 4.69) is 10.9 Å². The third-order valence-corrected chi connectivity index (χ3v) is 3.92. The molecule has 3 aromatic rings. The van der Waals surface area contributed by atoms with Gasteiger partial charge < -0.3 is 0 Å². The summed E-state index contributed by atoms with van der Waals surface area (Å²) >= 11 is 5.96. The molecule has 3 rings (SSSR count). The summed E-state index contributed by atoms with van der Waals surface area (Å²) < 4.78 is 0. The Bertz CT molecular complexity index is 767. The average Bonchev–Trinajstić information content (AvgIpc) is 2.62. The van der Waals surface area contributed by atoms with Crippen LogP contribution in [-0.4, -0.2) is 5.91 Å². The zero-order valence-corrected chi connectivity index (χ0v) is 13.7. The molecule has 0 aliphatic carbocycles. The molecular formula is C20H17ClN2O. The molecule has 0 atom stereocenters. The number of halogens is 1. The van der Waals surface area contributed by atoms with Crippen molar-refractivity contribution in [3.05, 3.63) is 101 Å². The lowest BCUT2D eigenvalue weighted by Gasteiger charge is -2.18. The van der Waals surface area contributed by atoms with Gasteiger partial charge in [0.2, 0.25) is 5.91 Å². The lowest BCUT2D eigenvalue weighted by atomic mass is 9.91. The number of amides is 1. The molecule has 3 nitrogen and oxygen atoms in total. The highest BCUT2D eigenvalue weighted by molar-refractivity contribution is 6.30. The van der Waals surface area contributed by atoms with Crippen molar-refractivity contribution >= 4 is 23.2 Å². The molecular weight excluding hydrogens is 320 g/mol. The second-order valence-corrected chi connectivity index (χ2v) is 5.82. The van der Waals surface area contributed by atoms with Crippen LogP contribution in [0.2, 0.25) is 5.02 Å². The lowest BCUT2D eigenvalue weighted by Crippen LogP contribution is -2.34. The normalized spacial score (nSPS) is 10.4. The number of hydrogen-bond donors (Lipinski definition) is 2. The van der Waals surface area contributed by atoms with E-state index in [0.717, 1.165) is 16.8 Å². The summed E-state index contributed by atoms with van der Waals surface area (Å²) in [6, 6.07) is 26.6. The standard InChI is InChI=1S/C20H17ClN2O/c21-17-12-7-13-18(14-17)22-23-20(24)19(15-8-3-1-4-9-15)16-10-5-2-6-11-16/h1-14,19,22H,(H,23,24). The van der Waals surface area contributed by atoms with Crippen molar-refractivity contribution in [3.63, 3.8) is 0 Å². The van der Waals surface area contributed by atoms with Gasteiger partial charge in [0.05, 0.1) is 11.6 Å². The van der Waals surface area contributed by atoms with Gasteiger partial charge in [0.25, 0.3) is 0 Å². The maximum atomic E-state index is 12.8. The molecule has 0 bridgehead atoms. The number of carbonyl (C=O) groups is 1. The van der Waals surface area contributed by atoms with Gasteiger partial charge in [0.1, 0.15) is 0 Å². The second-order valence-electron chi connectivity index (χ2n) is 5.38. The Kier molecular flexibility index (Phi) is 5.14. The average molecular weight is 337 g/mol. The molecule has 3 aromatic carbocycles. The predicted octanol–water partition coefficient (Wildman–Crippen LogP) is 4.62. The van der Waals surface area contributed by atoms with E-state index in [1.165, 1.54) is 0 Å². The van der Waals surface area contributed by atoms with Crippen molar-refractivity contribution < 1.29 is 4.79 Å². The quantitative estimate of drug-likeness (QED) is 0.668. The fraction of sp³-hybridized carbons (Fsp3) is 0.0500. The van der Waals surface area contributed by atoms with Crippen molar-refractivity contribution in [2.24, 2.45) is 0 Å². The number of nitrogens with one attached hydrogen (secondary N) is 2. The van der Waals surface area contributed by atoms with E-state index >= 15 is 0 Å². The molecule has 0 aliphatic rings. The zero-order chi connectivity index (χ0) is 16.8. The minimum atomic E-state index is -0.390. The monoisotopic (exact) mass is 336 g/mol. The van der Waals surface area contributed by atoms with Gasteiger partial charge in [-0.05, 0) is 29.3 Å². The van der Waals surface area contributed by atoms with Crippen molar-refractivity contribution in [2.75, 3.05) is 5.43 Å². The zero-order valence-electron chi connectivity index (χ0n) is 12.9. The lowest BCUT2D eigenvalue weighted by molar-refractivity contribution is -0.121. The number of anilines is 1. The van der Waals surface area contributed by atoms with Gasteiger partial charge in [-0.15, -0.1) is 0 Å². The second kappa shape index (κ2) is 7.66. The Morgan fingerprint density at radius 3 is 1.92 bits per heavy atom. The van der Waals surface area contributed by atoms with Gasteiger partial charge in [-0.1, -0.05) is 78.3 Å². The molecule has 0 saturated heterocycles. The molecule has 0 spiro atoms. The predicted molar refractivity (Wildman–Crippen MR) is 97.9 cm³/mol. The third-order valence-electron chi connectivity index (χ3n) is 3.68. The summed E-state index contributed by atoms with van der Waals surface area (Å²) in [6.45, 7) is 0. The highest BCUT2D eigenvalue weighted by Gasteiger charge is 2.22. The molecule has 0 aromatic heterocycles. The first-order valence-corrected chi connectivity index (χ1v) is 8.03. The summed E-state index contributed by atoms with van der Waals surface area (Å²) in [5.41, 5.74) is 8.31. The Morgan fingerprint density at radius 1 is 0.792 bits per heavy atom. The number of benzene rings is 3. The van der Waals surface area contributed by atoms with Crippen LogP contribution in [-0.2, 0) is 4.79 Å². The minimum absolute atomic E-state index is 0.132. The summed E-state index contributed by atoms with van der Waals surface area (Å²) in [7, 11) is 0. The highest BCUT2D eigenvalue weighted by atomic mass is 35.5. The van der Waals surface area contributed by atoms with E-state index in [1.54, 1.807) is 12.1 Å². The SMILES string of the molecule is O=C(NNc1cccc(Cl)c1)C(c1ccccc1)c1ccccc1. The Hall–Kier alpha value is -2.78. The van der Waals surface area contributed by atoms with E-state index in [1.807, 2.05) is 72.8 Å². The van der Waals surface area contributed by atoms with Crippen molar-refractivity contribution in [1.29, 1.82) is 0 Å². The fourth-order valence-corrected chi connectivity index (χ4v) is 2.75. The summed E-state index contributed by atoms with van der Waals surface area (Å²) in [5.74, 6) is -0.522. The van der Waals surface area contributed by atoms with Crippen LogP contribution in [0.5, 0.6) is 0 Å². The molecule has 0 heterocycles. The first kappa shape index (κ1) is 16.1. The number of hydrogen-bond acceptors (Lipinski definition) is 2. The molecule has 120 valence electrons. The van der Waals surface area contributed by atoms with E-state index in [4.69, 9.17) is 11.6 Å². The van der Waals surface area contributed by atoms with Crippen molar-refractivity contribution in [1.82, 2.24) is 5.43 Å². The van der Waals surface area contributed by atoms with Gasteiger partial charge in [0, 0.05) is 5.02 Å². The van der Waals surface area contributed by atoms with E-state index in [9.17, 15) is 4.79 Å². The molecule has 24 heavy (non-hydrogen) atoms. The Morgan fingerprint density at radius 2 is 1.38 bits per heavy atom. The maximum absolute atomic E-state index is 12.8. The van der Waals surface area contributed by atoms with Gasteiger partial charge >= 0.3 is 0 Å². The Balaban J connectivity index is 1.82. The van der Waals surface area contributed by atoms with Gasteiger partial charge in [-0.25, -0.2) is 0 Å². The number of carbonyl (C=O) groups excluding carboxylic acids is 1. The number of rotatable bonds is 5. The smallest absolute Gasteiger partial charge is 0.250 e. The molecule has 0 saturated carbocycles. The summed E-state index contributed by atoms with van der Waals surface area (Å²) in [6.07, 6.45) is 0. The van der Waals surface area contributed by atoms with Crippen LogP contribution in [0.15, 0.2) is 84.9 Å². The van der Waals surface area contributed by atoms with Gasteiger partial charge in [-0.2, -0.15) is 0 Å². The Labute approximate surface area is 146 Å². The topological polar surface area (TPSA) is 41.1 Å². The van der Waals surface area contributed by atoms with Crippen LogP contribution in [0.4, 0.5) is 5.69 Å². The van der Waals surface area contributed by atoms with Crippen LogP contribution in [0.3, 0.4) is 0 Å². The van der Waals surface area contributed by atoms with Crippen molar-refractivity contribution in [3.8, 4) is 0 Å². The van der Waals surface area contributed by atoms with E-state index in [-0.39, 0.29) is 11.8 Å². The molecule has 4 heteroatoms. The van der Waals surface area contributed by atoms with Crippen molar-refractivity contribution in [2.45, 2.75) is 5.92 Å². The van der Waals surface area contributed by atoms with Crippen LogP contribution in [0.25, 0.3) is 0 Å². The minimum Gasteiger partial charge on any atom is -0.299 e. The summed E-state index contributed by atoms with van der Waals surface area (Å²) in [4.78, 5) is 12.8. The number of hydrazine groups is 1. The maximum Gasteiger partial charge on any atom is 0.250 e. The molecule has 2 N–H and O–H groups in total. The molecule has 0 aliphatic heterocycles. The highest BCUT2D eigenvalue weighted by Crippen LogP contribution is 2.24. The van der Waals surface area contributed by atoms with Gasteiger partial charge in [-0.3, -0.25) is 15.6 Å². The third kappa shape index (κ3) is 3.94. The molecule has 0 radical (unpaired) electrons. The van der Waals surface area contributed by atoms with Crippen LogP contribution >= 0.6 is 11.6 Å². The molecule has 1 amide bonds. The largest absolute Gasteiger partial charge is 0.299 e. The first-order chi connectivity index (χ1) is 11.7. The van der Waals surface area contributed by atoms with E-state index in [0.29, 0.717) is 5.02 Å². The fourth-order valence-electron chi connectivity index (χ4n) is 2.56. The van der Waals surface area contributed by atoms with Crippen LogP contribution in [0, 0.1) is 0 Å². The van der Waals surface area contributed by atoms with Crippen LogP contribution in [0.1, 0.15) is 17.0 Å².